The number of aliphatic hydroxyl groups is 1. The number of aromatic nitrogens is 1. The number of hydrogen-bond acceptors (Lipinski definition) is 11. The second kappa shape index (κ2) is 10.2. The highest BCUT2D eigenvalue weighted by molar-refractivity contribution is 5.68. The number of aliphatic hydroxyl groups excluding tert-OH is 1. The van der Waals surface area contributed by atoms with Crippen LogP contribution < -0.4 is 10.4 Å². The molecule has 1 N–H and O–H groups in total. The van der Waals surface area contributed by atoms with Gasteiger partial charge in [0, 0.05) is 56.6 Å². The summed E-state index contributed by atoms with van der Waals surface area (Å²) in [6.07, 6.45) is 1.24. The van der Waals surface area contributed by atoms with Gasteiger partial charge < -0.3 is 28.5 Å². The Morgan fingerprint density at radius 3 is 2.53 bits per heavy atom. The monoisotopic (exact) mass is 529 g/mol. The largest absolute Gasteiger partial charge is 0.482 e. The molecule has 38 heavy (non-hydrogen) atoms. The normalized spacial score (nSPS) is 27.5. The van der Waals surface area contributed by atoms with Crippen LogP contribution in [0, 0.1) is 11.8 Å². The zero-order chi connectivity index (χ0) is 27.8. The molecule has 0 amide bonds. The lowest BCUT2D eigenvalue weighted by Crippen LogP contribution is -2.63. The Balaban J connectivity index is 1.78. The van der Waals surface area contributed by atoms with E-state index in [2.05, 4.69) is 4.98 Å². The van der Waals surface area contributed by atoms with Gasteiger partial charge in [0.1, 0.15) is 41.0 Å². The van der Waals surface area contributed by atoms with E-state index in [9.17, 15) is 24.3 Å². The number of ether oxygens (including phenoxy) is 4. The lowest BCUT2D eigenvalue weighted by Gasteiger charge is -2.54. The molecule has 1 aliphatic heterocycles. The molecule has 0 bridgehead atoms. The van der Waals surface area contributed by atoms with Gasteiger partial charge in [-0.15, -0.1) is 0 Å². The van der Waals surface area contributed by atoms with E-state index in [0.29, 0.717) is 5.56 Å². The molecule has 1 fully saturated rings. The lowest BCUT2D eigenvalue weighted by atomic mass is 9.62. The van der Waals surface area contributed by atoms with Crippen LogP contribution in [0.5, 0.6) is 5.75 Å². The minimum Gasteiger partial charge on any atom is -0.482 e. The van der Waals surface area contributed by atoms with Gasteiger partial charge in [-0.05, 0) is 38.8 Å². The van der Waals surface area contributed by atoms with Gasteiger partial charge in [0.25, 0.3) is 0 Å². The molecule has 11 heteroatoms. The van der Waals surface area contributed by atoms with Crippen LogP contribution in [-0.2, 0) is 28.6 Å². The summed E-state index contributed by atoms with van der Waals surface area (Å²) in [5, 5.41) is 11.5. The van der Waals surface area contributed by atoms with E-state index in [0.717, 1.165) is 0 Å². The third-order valence-corrected chi connectivity index (χ3v) is 7.43. The smallest absolute Gasteiger partial charge is 0.345 e. The van der Waals surface area contributed by atoms with Crippen LogP contribution >= 0.6 is 0 Å². The van der Waals surface area contributed by atoms with Crippen LogP contribution in [0.2, 0.25) is 0 Å². The van der Waals surface area contributed by atoms with Gasteiger partial charge in [0.05, 0.1) is 6.10 Å². The van der Waals surface area contributed by atoms with Crippen molar-refractivity contribution in [2.45, 2.75) is 70.9 Å². The summed E-state index contributed by atoms with van der Waals surface area (Å²) in [7, 11) is 0. The lowest BCUT2D eigenvalue weighted by molar-refractivity contribution is -0.215. The number of nitrogens with zero attached hydrogens (tertiary/aromatic N) is 1. The second-order valence-corrected chi connectivity index (χ2v) is 10.2. The van der Waals surface area contributed by atoms with Crippen molar-refractivity contribution in [3.63, 3.8) is 0 Å². The van der Waals surface area contributed by atoms with Crippen molar-refractivity contribution in [1.82, 2.24) is 4.98 Å². The van der Waals surface area contributed by atoms with Gasteiger partial charge in [-0.25, -0.2) is 4.79 Å². The molecule has 11 nitrogen and oxygen atoms in total. The molecule has 6 atom stereocenters. The first kappa shape index (κ1) is 27.3. The summed E-state index contributed by atoms with van der Waals surface area (Å²) >= 11 is 0. The Hall–Kier alpha value is -3.73. The molecule has 0 radical (unpaired) electrons. The average molecular weight is 530 g/mol. The van der Waals surface area contributed by atoms with Crippen molar-refractivity contribution in [2.24, 2.45) is 11.8 Å². The molecular weight excluding hydrogens is 498 g/mol. The minimum atomic E-state index is -1.35. The first-order chi connectivity index (χ1) is 17.8. The van der Waals surface area contributed by atoms with Crippen LogP contribution in [0.1, 0.15) is 59.1 Å². The van der Waals surface area contributed by atoms with Crippen LogP contribution in [-0.4, -0.2) is 51.9 Å². The topological polar surface area (TPSA) is 151 Å². The highest BCUT2D eigenvalue weighted by Crippen LogP contribution is 2.54. The van der Waals surface area contributed by atoms with Gasteiger partial charge in [0.15, 0.2) is 0 Å². The first-order valence-electron chi connectivity index (χ1n) is 12.3. The highest BCUT2D eigenvalue weighted by Gasteiger charge is 2.60. The van der Waals surface area contributed by atoms with Crippen molar-refractivity contribution in [2.75, 3.05) is 6.61 Å². The molecule has 0 saturated heterocycles. The molecule has 1 saturated carbocycles. The maximum atomic E-state index is 13.1. The SMILES string of the molecule is CC(=O)OC[C@](C)(OC(C)=O)[C@@H]1C[C@H](OC(C)=O)[C@@]2(C)Oc3cc(-c4cccnc4)oc(=O)c3[C@H](O)[C@@H]2C1. The van der Waals surface area contributed by atoms with Gasteiger partial charge in [-0.3, -0.25) is 19.4 Å². The van der Waals surface area contributed by atoms with Crippen molar-refractivity contribution in [3.05, 3.63) is 46.6 Å². The Morgan fingerprint density at radius 2 is 1.92 bits per heavy atom. The van der Waals surface area contributed by atoms with E-state index in [1.165, 1.54) is 33.0 Å². The molecule has 2 aliphatic rings. The molecule has 0 spiro atoms. The van der Waals surface area contributed by atoms with Crippen LogP contribution in [0.15, 0.2) is 39.8 Å². The first-order valence-corrected chi connectivity index (χ1v) is 12.3. The quantitative estimate of drug-likeness (QED) is 0.434. The predicted molar refractivity (Wildman–Crippen MR) is 131 cm³/mol. The summed E-state index contributed by atoms with van der Waals surface area (Å²) in [6, 6.07) is 4.92. The number of pyridine rings is 1. The Labute approximate surface area is 219 Å². The van der Waals surface area contributed by atoms with E-state index < -0.39 is 58.8 Å². The summed E-state index contributed by atoms with van der Waals surface area (Å²) in [5.74, 6) is -2.70. The van der Waals surface area contributed by atoms with Gasteiger partial charge >= 0.3 is 23.5 Å². The van der Waals surface area contributed by atoms with Crippen LogP contribution in [0.4, 0.5) is 0 Å². The molecule has 0 aromatic carbocycles. The van der Waals surface area contributed by atoms with Gasteiger partial charge in [0.2, 0.25) is 0 Å². The third kappa shape index (κ3) is 5.15. The van der Waals surface area contributed by atoms with E-state index in [1.54, 1.807) is 32.2 Å². The minimum absolute atomic E-state index is 0.0588. The second-order valence-electron chi connectivity index (χ2n) is 10.2. The number of esters is 3. The Bertz CT molecular complexity index is 1290. The summed E-state index contributed by atoms with van der Waals surface area (Å²) in [5.41, 5.74) is -2.83. The molecule has 3 heterocycles. The number of fused-ring (bicyclic) bond motifs is 2. The zero-order valence-electron chi connectivity index (χ0n) is 21.9. The predicted octanol–water partition coefficient (Wildman–Crippen LogP) is 2.73. The molecule has 0 unspecified atom stereocenters. The third-order valence-electron chi connectivity index (χ3n) is 7.43. The fraction of sp³-hybridized carbons (Fsp3) is 0.519. The van der Waals surface area contributed by atoms with E-state index in [4.69, 9.17) is 23.4 Å². The zero-order valence-corrected chi connectivity index (χ0v) is 21.9. The molecule has 2 aromatic rings. The Morgan fingerprint density at radius 1 is 1.18 bits per heavy atom. The van der Waals surface area contributed by atoms with Crippen molar-refractivity contribution in [1.29, 1.82) is 0 Å². The molecule has 204 valence electrons. The van der Waals surface area contributed by atoms with Crippen molar-refractivity contribution < 1.29 is 42.9 Å². The fourth-order valence-corrected chi connectivity index (χ4v) is 5.54. The fourth-order valence-electron chi connectivity index (χ4n) is 5.54. The molecule has 1 aliphatic carbocycles. The van der Waals surface area contributed by atoms with Gasteiger partial charge in [-0.2, -0.15) is 0 Å². The van der Waals surface area contributed by atoms with Crippen LogP contribution in [0.25, 0.3) is 11.3 Å². The van der Waals surface area contributed by atoms with E-state index in [-0.39, 0.29) is 36.5 Å². The number of rotatable bonds is 6. The van der Waals surface area contributed by atoms with E-state index >= 15 is 0 Å². The van der Waals surface area contributed by atoms with Crippen LogP contribution in [0.3, 0.4) is 0 Å². The number of carbonyl (C=O) groups is 3. The summed E-state index contributed by atoms with van der Waals surface area (Å²) in [6.45, 7) is 6.82. The van der Waals surface area contributed by atoms with Gasteiger partial charge in [-0.1, -0.05) is 0 Å². The maximum Gasteiger partial charge on any atom is 0.345 e. The Kier molecular flexibility index (Phi) is 7.33. The average Bonchev–Trinajstić information content (AvgIpc) is 2.83. The number of hydrogen-bond donors (Lipinski definition) is 1. The highest BCUT2D eigenvalue weighted by atomic mass is 16.6. The van der Waals surface area contributed by atoms with Crippen molar-refractivity contribution in [3.8, 4) is 17.1 Å². The van der Waals surface area contributed by atoms with E-state index in [1.807, 2.05) is 0 Å². The standard InChI is InChI=1S/C27H31NO10/c1-14(29)34-13-26(4,37-16(3)31)18-9-19-24(32)23-21(38-27(19,5)22(10-18)35-15(2)30)11-20(36-25(23)33)17-7-6-8-28-12-17/h6-8,11-12,18-19,22,24,32H,9-10,13H2,1-5H3/t18-,19-,22-,24+,26-,27-/m0/s1. The molecular formula is C27H31NO10. The number of carbonyl (C=O) groups excluding carboxylic acids is 3. The molecule has 2 aromatic heterocycles. The molecule has 4 rings (SSSR count). The summed E-state index contributed by atoms with van der Waals surface area (Å²) < 4.78 is 28.4. The van der Waals surface area contributed by atoms with Crippen molar-refractivity contribution >= 4 is 17.9 Å². The maximum absolute atomic E-state index is 13.1. The summed E-state index contributed by atoms with van der Waals surface area (Å²) in [4.78, 5) is 52.8.